The third kappa shape index (κ3) is 6.75. The molecule has 0 unspecified atom stereocenters. The number of carbonyl (C=O) groups is 1. The van der Waals surface area contributed by atoms with Crippen molar-refractivity contribution in [2.75, 3.05) is 17.1 Å². The molecule has 1 heterocycles. The molecule has 176 valence electrons. The number of methoxy groups -OCH3 is 1. The molecule has 33 heavy (non-hydrogen) atoms. The molecule has 1 amide bonds. The van der Waals surface area contributed by atoms with E-state index in [9.17, 15) is 17.6 Å². The van der Waals surface area contributed by atoms with Gasteiger partial charge in [0.25, 0.3) is 10.0 Å². The van der Waals surface area contributed by atoms with Crippen LogP contribution in [0.4, 0.5) is 15.8 Å². The second kappa shape index (κ2) is 10.9. The Morgan fingerprint density at radius 2 is 1.91 bits per heavy atom. The van der Waals surface area contributed by atoms with E-state index in [1.165, 1.54) is 19.2 Å². The maximum atomic E-state index is 13.1. The summed E-state index contributed by atoms with van der Waals surface area (Å²) >= 11 is 0. The maximum absolute atomic E-state index is 13.1. The van der Waals surface area contributed by atoms with Gasteiger partial charge >= 0.3 is 0 Å². The van der Waals surface area contributed by atoms with E-state index in [1.807, 2.05) is 6.92 Å². The number of carbonyl (C=O) groups excluding carboxylic acids is 1. The molecule has 2 aromatic carbocycles. The number of ether oxygens (including phenoxy) is 1. The summed E-state index contributed by atoms with van der Waals surface area (Å²) in [5.74, 6) is 0.620. The van der Waals surface area contributed by atoms with Gasteiger partial charge in [0.15, 0.2) is 5.82 Å². The average Bonchev–Trinajstić information content (AvgIpc) is 3.21. The summed E-state index contributed by atoms with van der Waals surface area (Å²) in [7, 11) is -2.59. The maximum Gasteiger partial charge on any atom is 0.262 e. The predicted octanol–water partition coefficient (Wildman–Crippen LogP) is 3.93. The van der Waals surface area contributed by atoms with E-state index in [4.69, 9.17) is 9.26 Å². The van der Waals surface area contributed by atoms with E-state index in [2.05, 4.69) is 20.2 Å². The fraction of sp³-hybridized carbons (Fsp3) is 0.318. The van der Waals surface area contributed by atoms with Gasteiger partial charge in [0, 0.05) is 24.9 Å². The number of aromatic nitrogens is 2. The molecule has 0 radical (unpaired) electrons. The van der Waals surface area contributed by atoms with Crippen LogP contribution in [-0.2, 0) is 27.7 Å². The van der Waals surface area contributed by atoms with Crippen molar-refractivity contribution in [2.24, 2.45) is 0 Å². The summed E-state index contributed by atoms with van der Waals surface area (Å²) in [4.78, 5) is 16.5. The minimum Gasteiger partial charge on any atom is -0.495 e. The van der Waals surface area contributed by atoms with Crippen molar-refractivity contribution in [3.8, 4) is 5.75 Å². The standard InChI is InChI=1S/C22H25FN4O5S/c1-3-5-20-25-22(32-26-20)7-4-6-21(28)24-16-10-13-19(31-2)18(14-16)27-33(29,30)17-11-8-15(23)9-12-17/h8-14,27H,3-7H2,1-2H3,(H,24,28). The van der Waals surface area contributed by atoms with Gasteiger partial charge in [0.05, 0.1) is 17.7 Å². The van der Waals surface area contributed by atoms with Crippen molar-refractivity contribution in [3.63, 3.8) is 0 Å². The first-order valence-electron chi connectivity index (χ1n) is 10.4. The minimum absolute atomic E-state index is 0.108. The zero-order valence-electron chi connectivity index (χ0n) is 18.3. The molecule has 0 saturated heterocycles. The first-order valence-corrected chi connectivity index (χ1v) is 11.9. The van der Waals surface area contributed by atoms with Crippen LogP contribution in [0.2, 0.25) is 0 Å². The predicted molar refractivity (Wildman–Crippen MR) is 120 cm³/mol. The summed E-state index contributed by atoms with van der Waals surface area (Å²) in [6.07, 6.45) is 2.88. The summed E-state index contributed by atoms with van der Waals surface area (Å²) in [6, 6.07) is 9.01. The zero-order chi connectivity index (χ0) is 23.8. The smallest absolute Gasteiger partial charge is 0.262 e. The lowest BCUT2D eigenvalue weighted by atomic mass is 10.2. The third-order valence-corrected chi connectivity index (χ3v) is 6.01. The second-order valence-electron chi connectivity index (χ2n) is 7.23. The number of nitrogens with zero attached hydrogens (tertiary/aromatic N) is 2. The monoisotopic (exact) mass is 476 g/mol. The number of anilines is 2. The molecule has 2 N–H and O–H groups in total. The second-order valence-corrected chi connectivity index (χ2v) is 8.91. The molecular formula is C22H25FN4O5S. The van der Waals surface area contributed by atoms with Crippen LogP contribution in [0.15, 0.2) is 51.9 Å². The van der Waals surface area contributed by atoms with Crippen LogP contribution < -0.4 is 14.8 Å². The van der Waals surface area contributed by atoms with Gasteiger partial charge in [-0.15, -0.1) is 0 Å². The molecule has 0 saturated carbocycles. The molecule has 0 aliphatic rings. The number of hydrogen-bond acceptors (Lipinski definition) is 7. The van der Waals surface area contributed by atoms with Gasteiger partial charge in [-0.2, -0.15) is 4.98 Å². The molecule has 0 spiro atoms. The number of amides is 1. The fourth-order valence-electron chi connectivity index (χ4n) is 3.02. The van der Waals surface area contributed by atoms with Gasteiger partial charge in [-0.25, -0.2) is 12.8 Å². The lowest BCUT2D eigenvalue weighted by Gasteiger charge is -2.14. The fourth-order valence-corrected chi connectivity index (χ4v) is 4.08. The largest absolute Gasteiger partial charge is 0.495 e. The normalized spacial score (nSPS) is 11.2. The topological polar surface area (TPSA) is 123 Å². The molecule has 9 nitrogen and oxygen atoms in total. The van der Waals surface area contributed by atoms with E-state index in [0.717, 1.165) is 37.1 Å². The molecule has 0 aliphatic carbocycles. The van der Waals surface area contributed by atoms with Gasteiger partial charge in [-0.1, -0.05) is 12.1 Å². The number of sulfonamides is 1. The molecule has 3 aromatic rings. The van der Waals surface area contributed by atoms with Crippen LogP contribution in [0.5, 0.6) is 5.75 Å². The Bertz CT molecular complexity index is 1200. The summed E-state index contributed by atoms with van der Waals surface area (Å²) in [6.45, 7) is 2.03. The number of aryl methyl sites for hydroxylation is 2. The molecule has 11 heteroatoms. The number of hydrogen-bond donors (Lipinski definition) is 2. The molecule has 3 rings (SSSR count). The Morgan fingerprint density at radius 3 is 2.61 bits per heavy atom. The highest BCUT2D eigenvalue weighted by Gasteiger charge is 2.17. The third-order valence-electron chi connectivity index (χ3n) is 4.63. The Morgan fingerprint density at radius 1 is 1.15 bits per heavy atom. The van der Waals surface area contributed by atoms with E-state index in [0.29, 0.717) is 30.2 Å². The molecule has 0 bridgehead atoms. The number of nitrogens with one attached hydrogen (secondary N) is 2. The van der Waals surface area contributed by atoms with Crippen LogP contribution in [0, 0.1) is 5.82 Å². The minimum atomic E-state index is -3.99. The van der Waals surface area contributed by atoms with Crippen molar-refractivity contribution < 1.29 is 26.9 Å². The van der Waals surface area contributed by atoms with Crippen molar-refractivity contribution in [1.82, 2.24) is 10.1 Å². The van der Waals surface area contributed by atoms with Gasteiger partial charge in [0.2, 0.25) is 11.8 Å². The number of rotatable bonds is 11. The van der Waals surface area contributed by atoms with Crippen LogP contribution >= 0.6 is 0 Å². The lowest BCUT2D eigenvalue weighted by molar-refractivity contribution is -0.116. The Labute approximate surface area is 191 Å². The molecule has 1 aromatic heterocycles. The highest BCUT2D eigenvalue weighted by atomic mass is 32.2. The van der Waals surface area contributed by atoms with Crippen LogP contribution in [0.25, 0.3) is 0 Å². The first kappa shape index (κ1) is 24.2. The molecule has 0 aliphatic heterocycles. The quantitative estimate of drug-likeness (QED) is 0.430. The van der Waals surface area contributed by atoms with E-state index in [1.54, 1.807) is 6.07 Å². The molecule has 0 atom stereocenters. The highest BCUT2D eigenvalue weighted by Crippen LogP contribution is 2.30. The van der Waals surface area contributed by atoms with Crippen molar-refractivity contribution in [1.29, 1.82) is 0 Å². The molecular weight excluding hydrogens is 451 g/mol. The first-order chi connectivity index (χ1) is 15.8. The van der Waals surface area contributed by atoms with Crippen molar-refractivity contribution >= 4 is 27.3 Å². The van der Waals surface area contributed by atoms with Crippen LogP contribution in [0.1, 0.15) is 37.9 Å². The average molecular weight is 477 g/mol. The Hall–Kier alpha value is -3.47. The number of halogens is 1. The summed E-state index contributed by atoms with van der Waals surface area (Å²) in [5, 5.41) is 6.61. The van der Waals surface area contributed by atoms with Gasteiger partial charge in [-0.05, 0) is 55.3 Å². The van der Waals surface area contributed by atoms with Crippen molar-refractivity contribution in [2.45, 2.75) is 43.9 Å². The summed E-state index contributed by atoms with van der Waals surface area (Å²) < 4.78 is 51.2. The number of benzene rings is 2. The highest BCUT2D eigenvalue weighted by molar-refractivity contribution is 7.92. The van der Waals surface area contributed by atoms with E-state index >= 15 is 0 Å². The van der Waals surface area contributed by atoms with Gasteiger partial charge in [-0.3, -0.25) is 9.52 Å². The van der Waals surface area contributed by atoms with Crippen LogP contribution in [-0.4, -0.2) is 31.6 Å². The van der Waals surface area contributed by atoms with Crippen molar-refractivity contribution in [3.05, 3.63) is 60.0 Å². The molecule has 0 fully saturated rings. The SMILES string of the molecule is CCCc1noc(CCCC(=O)Nc2ccc(OC)c(NS(=O)(=O)c3ccc(F)cc3)c2)n1. The van der Waals surface area contributed by atoms with Crippen LogP contribution in [0.3, 0.4) is 0 Å². The Kier molecular flexibility index (Phi) is 7.99. The van der Waals surface area contributed by atoms with Gasteiger partial charge in [0.1, 0.15) is 11.6 Å². The van der Waals surface area contributed by atoms with E-state index in [-0.39, 0.29) is 28.7 Å². The zero-order valence-corrected chi connectivity index (χ0v) is 19.1. The lowest BCUT2D eigenvalue weighted by Crippen LogP contribution is -2.15. The Balaban J connectivity index is 1.62. The van der Waals surface area contributed by atoms with E-state index < -0.39 is 15.8 Å². The van der Waals surface area contributed by atoms with Gasteiger partial charge < -0.3 is 14.6 Å². The summed E-state index contributed by atoms with van der Waals surface area (Å²) in [5.41, 5.74) is 0.523.